The molecule has 2 unspecified atom stereocenters. The molecule has 1 N–H and O–H groups in total. The molecule has 0 aromatic heterocycles. The van der Waals surface area contributed by atoms with Crippen LogP contribution < -0.4 is 0 Å². The smallest absolute Gasteiger partial charge is 0.457 e. The van der Waals surface area contributed by atoms with E-state index in [-0.39, 0.29) is 25.8 Å². The minimum absolute atomic E-state index is 0.0824. The Bertz CT molecular complexity index is 1050. The number of ether oxygens (including phenoxy) is 2. The second-order valence-corrected chi connectivity index (χ2v) is 18.2. The largest absolute Gasteiger partial charge is 0.472 e. The van der Waals surface area contributed by atoms with Crippen molar-refractivity contribution >= 4 is 13.8 Å². The molecule has 2 atom stereocenters. The van der Waals surface area contributed by atoms with Crippen molar-refractivity contribution in [1.29, 1.82) is 0 Å². The predicted molar refractivity (Wildman–Crippen MR) is 243 cm³/mol. The van der Waals surface area contributed by atoms with Crippen molar-refractivity contribution in [3.05, 3.63) is 48.6 Å². The number of allylic oxidation sites excluding steroid dienone is 8. The number of phosphoric acid groups is 1. The highest BCUT2D eigenvalue weighted by Crippen LogP contribution is 2.43. The van der Waals surface area contributed by atoms with Gasteiger partial charge in [0.1, 0.15) is 19.3 Å². The molecule has 0 heterocycles. The number of nitrogens with zero attached hydrogens (tertiary/aromatic N) is 1. The molecule has 0 aliphatic heterocycles. The van der Waals surface area contributed by atoms with Crippen molar-refractivity contribution in [1.82, 2.24) is 0 Å². The fraction of sp³-hybridized carbons (Fsp3) is 0.812. The maximum absolute atomic E-state index is 12.7. The van der Waals surface area contributed by atoms with Gasteiger partial charge >= 0.3 is 13.8 Å². The van der Waals surface area contributed by atoms with Crippen LogP contribution in [0.2, 0.25) is 0 Å². The van der Waals surface area contributed by atoms with Crippen LogP contribution in [0.1, 0.15) is 194 Å². The Morgan fingerprint density at radius 2 is 1.02 bits per heavy atom. The quantitative estimate of drug-likeness (QED) is 0.0215. The first-order valence-corrected chi connectivity index (χ1v) is 24.9. The Balaban J connectivity index is 4.19. The number of carbonyl (C=O) groups excluding carboxylic acids is 1. The average Bonchev–Trinajstić information content (AvgIpc) is 3.16. The minimum Gasteiger partial charge on any atom is -0.457 e. The first kappa shape index (κ1) is 55.5. The number of hydrogen-bond donors (Lipinski definition) is 1. The zero-order valence-corrected chi connectivity index (χ0v) is 38.7. The van der Waals surface area contributed by atoms with Gasteiger partial charge in [-0.3, -0.25) is 13.8 Å². The second-order valence-electron chi connectivity index (χ2n) is 16.8. The van der Waals surface area contributed by atoms with Gasteiger partial charge in [-0.2, -0.15) is 0 Å². The lowest BCUT2D eigenvalue weighted by Crippen LogP contribution is -2.37. The van der Waals surface area contributed by atoms with Crippen molar-refractivity contribution in [3.63, 3.8) is 0 Å². The molecule has 0 radical (unpaired) electrons. The molecule has 0 aromatic carbocycles. The number of carbonyl (C=O) groups is 1. The van der Waals surface area contributed by atoms with E-state index in [0.29, 0.717) is 24.1 Å². The summed E-state index contributed by atoms with van der Waals surface area (Å²) in [5, 5.41) is 0. The summed E-state index contributed by atoms with van der Waals surface area (Å²) in [5.74, 6) is -0.324. The molecule has 0 bridgehead atoms. The monoisotopic (exact) mass is 825 g/mol. The fourth-order valence-corrected chi connectivity index (χ4v) is 7.01. The van der Waals surface area contributed by atoms with E-state index in [1.165, 1.54) is 103 Å². The van der Waals surface area contributed by atoms with Gasteiger partial charge in [0.05, 0.1) is 34.4 Å². The Hall–Kier alpha value is -1.54. The van der Waals surface area contributed by atoms with Crippen LogP contribution in [0.5, 0.6) is 0 Å². The number of quaternary nitrogens is 1. The third-order valence-electron chi connectivity index (χ3n) is 9.87. The molecule has 0 aliphatic carbocycles. The van der Waals surface area contributed by atoms with Gasteiger partial charge in [-0.1, -0.05) is 165 Å². The lowest BCUT2D eigenvalue weighted by atomic mass is 10.1. The van der Waals surface area contributed by atoms with E-state index >= 15 is 0 Å². The highest BCUT2D eigenvalue weighted by atomic mass is 31.2. The maximum Gasteiger partial charge on any atom is 0.472 e. The summed E-state index contributed by atoms with van der Waals surface area (Å²) in [7, 11) is 1.65. The third kappa shape index (κ3) is 45.4. The van der Waals surface area contributed by atoms with E-state index in [1.54, 1.807) is 0 Å². The molecule has 334 valence electrons. The Morgan fingerprint density at radius 3 is 1.54 bits per heavy atom. The van der Waals surface area contributed by atoms with Gasteiger partial charge in [0.25, 0.3) is 0 Å². The molecule has 57 heavy (non-hydrogen) atoms. The van der Waals surface area contributed by atoms with Crippen molar-refractivity contribution < 1.29 is 37.3 Å². The zero-order chi connectivity index (χ0) is 42.0. The Labute approximate surface area is 352 Å². The van der Waals surface area contributed by atoms with Crippen LogP contribution in [0.4, 0.5) is 0 Å². The van der Waals surface area contributed by atoms with E-state index in [2.05, 4.69) is 62.5 Å². The Morgan fingerprint density at radius 1 is 0.561 bits per heavy atom. The van der Waals surface area contributed by atoms with Gasteiger partial charge in [0.15, 0.2) is 0 Å². The van der Waals surface area contributed by atoms with Crippen LogP contribution in [0.25, 0.3) is 0 Å². The number of likely N-dealkylation sites (N-methyl/N-ethyl adjacent to an activating group) is 1. The van der Waals surface area contributed by atoms with Gasteiger partial charge in [0.2, 0.25) is 0 Å². The molecule has 0 amide bonds. The van der Waals surface area contributed by atoms with Crippen LogP contribution in [-0.4, -0.2) is 75.6 Å². The summed E-state index contributed by atoms with van der Waals surface area (Å²) < 4.78 is 35.0. The van der Waals surface area contributed by atoms with Crippen LogP contribution >= 0.6 is 7.82 Å². The van der Waals surface area contributed by atoms with Gasteiger partial charge < -0.3 is 18.9 Å². The summed E-state index contributed by atoms with van der Waals surface area (Å²) in [6, 6.07) is 0. The molecular weight excluding hydrogens is 734 g/mol. The Kier molecular flexibility index (Phi) is 40.1. The van der Waals surface area contributed by atoms with Crippen molar-refractivity contribution in [3.8, 4) is 0 Å². The fourth-order valence-electron chi connectivity index (χ4n) is 6.27. The van der Waals surface area contributed by atoms with Gasteiger partial charge in [-0.05, 0) is 70.6 Å². The number of phosphoric ester groups is 1. The molecular formula is C48H91NO7P+. The van der Waals surface area contributed by atoms with Crippen LogP contribution in [0.3, 0.4) is 0 Å². The van der Waals surface area contributed by atoms with Crippen LogP contribution in [0, 0.1) is 0 Å². The average molecular weight is 825 g/mol. The number of esters is 1. The van der Waals surface area contributed by atoms with E-state index < -0.39 is 13.9 Å². The SMILES string of the molecule is CC/C=C\C/C=C\C/C=C\CCCCCCOCC(COP(=O)(O)OCC[N+](C)(C)C)OC(=O)CCCCCCCCCCC/C=C\CCCCCCCCCC. The minimum atomic E-state index is -4.28. The molecule has 0 saturated carbocycles. The maximum atomic E-state index is 12.7. The van der Waals surface area contributed by atoms with Gasteiger partial charge in [-0.25, -0.2) is 4.57 Å². The molecule has 0 spiro atoms. The number of hydrogen-bond acceptors (Lipinski definition) is 6. The molecule has 0 aliphatic rings. The summed E-state index contributed by atoms with van der Waals surface area (Å²) in [6.07, 6.45) is 50.1. The molecule has 0 fully saturated rings. The summed E-state index contributed by atoms with van der Waals surface area (Å²) in [5.41, 5.74) is 0. The summed E-state index contributed by atoms with van der Waals surface area (Å²) >= 11 is 0. The summed E-state index contributed by atoms with van der Waals surface area (Å²) in [4.78, 5) is 22.9. The number of unbranched alkanes of at least 4 members (excludes halogenated alkanes) is 21. The first-order chi connectivity index (χ1) is 27.6. The molecule has 9 heteroatoms. The molecule has 0 rings (SSSR count). The van der Waals surface area contributed by atoms with Crippen molar-refractivity contribution in [2.45, 2.75) is 200 Å². The number of rotatable bonds is 43. The van der Waals surface area contributed by atoms with Crippen molar-refractivity contribution in [2.75, 3.05) is 54.1 Å². The van der Waals surface area contributed by atoms with E-state index in [0.717, 1.165) is 70.6 Å². The highest BCUT2D eigenvalue weighted by Gasteiger charge is 2.26. The van der Waals surface area contributed by atoms with Crippen LogP contribution in [-0.2, 0) is 27.9 Å². The van der Waals surface area contributed by atoms with Crippen LogP contribution in [0.15, 0.2) is 48.6 Å². The first-order valence-electron chi connectivity index (χ1n) is 23.4. The van der Waals surface area contributed by atoms with E-state index in [1.807, 2.05) is 21.1 Å². The highest BCUT2D eigenvalue weighted by molar-refractivity contribution is 7.47. The lowest BCUT2D eigenvalue weighted by molar-refractivity contribution is -0.870. The zero-order valence-electron chi connectivity index (χ0n) is 37.8. The third-order valence-corrected chi connectivity index (χ3v) is 10.9. The molecule has 0 saturated heterocycles. The lowest BCUT2D eigenvalue weighted by Gasteiger charge is -2.24. The predicted octanol–water partition coefficient (Wildman–Crippen LogP) is 13.9. The molecule has 8 nitrogen and oxygen atoms in total. The normalized spacial score (nSPS) is 14.1. The van der Waals surface area contributed by atoms with Gasteiger partial charge in [0, 0.05) is 13.0 Å². The van der Waals surface area contributed by atoms with E-state index in [4.69, 9.17) is 18.5 Å². The van der Waals surface area contributed by atoms with Gasteiger partial charge in [-0.15, -0.1) is 0 Å². The van der Waals surface area contributed by atoms with E-state index in [9.17, 15) is 14.3 Å². The standard InChI is InChI=1S/C48H90NO7P/c1-6-8-10-12-14-16-18-20-22-23-24-25-26-27-28-29-31-33-35-37-39-41-48(50)56-47(46-55-57(51,52)54-44-42-49(3,4)5)45-53-43-40-38-36-34-32-30-21-19-17-15-13-11-9-7-2/h9,11,15,17,21,23-24,30,47H,6-8,10,12-14,16,18-20,22,25-29,31-46H2,1-5H3/p+1/b11-9-,17-15-,24-23-,30-21-. The summed E-state index contributed by atoms with van der Waals surface area (Å²) in [6.45, 7) is 5.46. The molecule has 0 aromatic rings. The van der Waals surface area contributed by atoms with Crippen molar-refractivity contribution in [2.24, 2.45) is 0 Å². The topological polar surface area (TPSA) is 91.3 Å². The second kappa shape index (κ2) is 41.2.